The SMILES string of the molecule is CCc1nnc(C)cc1C(=O)N(CCCBr)C(C)C. The van der Waals surface area contributed by atoms with Crippen molar-refractivity contribution in [3.63, 3.8) is 0 Å². The molecule has 0 aliphatic carbocycles. The zero-order valence-corrected chi connectivity index (χ0v) is 13.7. The van der Waals surface area contributed by atoms with Crippen LogP contribution in [0.5, 0.6) is 0 Å². The van der Waals surface area contributed by atoms with Crippen LogP contribution in [0, 0.1) is 6.92 Å². The smallest absolute Gasteiger partial charge is 0.256 e. The quantitative estimate of drug-likeness (QED) is 0.754. The van der Waals surface area contributed by atoms with Gasteiger partial charge in [0.05, 0.1) is 17.0 Å². The number of hydrogen-bond acceptors (Lipinski definition) is 3. The van der Waals surface area contributed by atoms with Gasteiger partial charge in [0.25, 0.3) is 5.91 Å². The van der Waals surface area contributed by atoms with Crippen LogP contribution in [0.3, 0.4) is 0 Å². The molecule has 0 bridgehead atoms. The van der Waals surface area contributed by atoms with Crippen molar-refractivity contribution in [1.82, 2.24) is 15.1 Å². The van der Waals surface area contributed by atoms with Gasteiger partial charge in [0.15, 0.2) is 0 Å². The second kappa shape index (κ2) is 7.58. The summed E-state index contributed by atoms with van der Waals surface area (Å²) in [5.74, 6) is 0.0609. The van der Waals surface area contributed by atoms with E-state index < -0.39 is 0 Å². The molecule has 1 amide bonds. The minimum absolute atomic E-state index is 0.0609. The van der Waals surface area contributed by atoms with E-state index in [1.54, 1.807) is 0 Å². The standard InChI is InChI=1S/C14H22BrN3O/c1-5-13-12(9-11(4)16-17-13)14(19)18(10(2)3)8-6-7-15/h9-10H,5-8H2,1-4H3. The van der Waals surface area contributed by atoms with E-state index >= 15 is 0 Å². The van der Waals surface area contributed by atoms with E-state index in [1.807, 2.05) is 38.7 Å². The lowest BCUT2D eigenvalue weighted by Gasteiger charge is -2.27. The van der Waals surface area contributed by atoms with Crippen molar-refractivity contribution >= 4 is 21.8 Å². The topological polar surface area (TPSA) is 46.1 Å². The Labute approximate surface area is 123 Å². The number of carbonyl (C=O) groups excluding carboxylic acids is 1. The Morgan fingerprint density at radius 1 is 1.42 bits per heavy atom. The van der Waals surface area contributed by atoms with Crippen molar-refractivity contribution in [3.05, 3.63) is 23.0 Å². The fourth-order valence-corrected chi connectivity index (χ4v) is 2.19. The summed E-state index contributed by atoms with van der Waals surface area (Å²) in [6.07, 6.45) is 1.67. The van der Waals surface area contributed by atoms with Gasteiger partial charge in [-0.2, -0.15) is 10.2 Å². The highest BCUT2D eigenvalue weighted by Crippen LogP contribution is 2.14. The number of hydrogen-bond donors (Lipinski definition) is 0. The Hall–Kier alpha value is -0.970. The first-order chi connectivity index (χ1) is 9.01. The molecule has 19 heavy (non-hydrogen) atoms. The molecule has 0 aliphatic heterocycles. The van der Waals surface area contributed by atoms with E-state index in [4.69, 9.17) is 0 Å². The first kappa shape index (κ1) is 16.1. The predicted molar refractivity (Wildman–Crippen MR) is 80.7 cm³/mol. The number of alkyl halides is 1. The molecule has 0 fully saturated rings. The van der Waals surface area contributed by atoms with E-state index in [2.05, 4.69) is 26.1 Å². The molecular formula is C14H22BrN3O. The Balaban J connectivity index is 3.04. The van der Waals surface area contributed by atoms with Gasteiger partial charge < -0.3 is 4.90 Å². The molecule has 0 unspecified atom stereocenters. The van der Waals surface area contributed by atoms with E-state index in [0.29, 0.717) is 5.56 Å². The lowest BCUT2D eigenvalue weighted by Crippen LogP contribution is -2.38. The third kappa shape index (κ3) is 4.27. The van der Waals surface area contributed by atoms with Gasteiger partial charge in [-0.25, -0.2) is 0 Å². The summed E-state index contributed by atoms with van der Waals surface area (Å²) in [4.78, 5) is 14.6. The zero-order valence-electron chi connectivity index (χ0n) is 12.1. The number of rotatable bonds is 6. The van der Waals surface area contributed by atoms with Crippen LogP contribution < -0.4 is 0 Å². The minimum Gasteiger partial charge on any atom is -0.336 e. The monoisotopic (exact) mass is 327 g/mol. The number of halogens is 1. The molecule has 0 spiro atoms. The minimum atomic E-state index is 0.0609. The maximum Gasteiger partial charge on any atom is 0.256 e. The van der Waals surface area contributed by atoms with E-state index in [9.17, 15) is 4.79 Å². The van der Waals surface area contributed by atoms with Crippen molar-refractivity contribution in [2.75, 3.05) is 11.9 Å². The van der Waals surface area contributed by atoms with E-state index in [-0.39, 0.29) is 11.9 Å². The molecule has 0 aromatic carbocycles. The third-order valence-electron chi connectivity index (χ3n) is 2.97. The van der Waals surface area contributed by atoms with Crippen molar-refractivity contribution < 1.29 is 4.79 Å². The molecular weight excluding hydrogens is 306 g/mol. The summed E-state index contributed by atoms with van der Waals surface area (Å²) in [6.45, 7) is 8.69. The van der Waals surface area contributed by atoms with Gasteiger partial charge in [-0.05, 0) is 39.7 Å². The fourth-order valence-electron chi connectivity index (χ4n) is 1.94. The van der Waals surface area contributed by atoms with Gasteiger partial charge >= 0.3 is 0 Å². The maximum atomic E-state index is 12.7. The Morgan fingerprint density at radius 3 is 2.63 bits per heavy atom. The van der Waals surface area contributed by atoms with Crippen LogP contribution in [-0.4, -0.2) is 38.9 Å². The lowest BCUT2D eigenvalue weighted by atomic mass is 10.1. The first-order valence-electron chi connectivity index (χ1n) is 6.71. The van der Waals surface area contributed by atoms with Crippen LogP contribution in [0.1, 0.15) is 48.9 Å². The molecule has 5 heteroatoms. The molecule has 0 saturated heterocycles. The second-order valence-electron chi connectivity index (χ2n) is 4.83. The van der Waals surface area contributed by atoms with Gasteiger partial charge in [0.1, 0.15) is 0 Å². The fraction of sp³-hybridized carbons (Fsp3) is 0.643. The van der Waals surface area contributed by atoms with Crippen LogP contribution in [-0.2, 0) is 6.42 Å². The van der Waals surface area contributed by atoms with Gasteiger partial charge in [-0.15, -0.1) is 0 Å². The molecule has 0 N–H and O–H groups in total. The summed E-state index contributed by atoms with van der Waals surface area (Å²) >= 11 is 3.41. The Kier molecular flexibility index (Phi) is 6.42. The summed E-state index contributed by atoms with van der Waals surface area (Å²) in [6, 6.07) is 2.03. The van der Waals surface area contributed by atoms with Crippen LogP contribution in [0.15, 0.2) is 6.07 Å². The molecule has 1 rings (SSSR count). The van der Waals surface area contributed by atoms with Gasteiger partial charge in [0, 0.05) is 17.9 Å². The highest BCUT2D eigenvalue weighted by Gasteiger charge is 2.21. The van der Waals surface area contributed by atoms with Crippen molar-refractivity contribution in [2.45, 2.75) is 46.6 Å². The molecule has 1 aromatic heterocycles. The van der Waals surface area contributed by atoms with Crippen LogP contribution >= 0.6 is 15.9 Å². The van der Waals surface area contributed by atoms with Crippen molar-refractivity contribution in [2.24, 2.45) is 0 Å². The molecule has 0 saturated carbocycles. The highest BCUT2D eigenvalue weighted by atomic mass is 79.9. The summed E-state index contributed by atoms with van der Waals surface area (Å²) < 4.78 is 0. The maximum absolute atomic E-state index is 12.7. The van der Waals surface area contributed by atoms with Crippen molar-refractivity contribution in [3.8, 4) is 0 Å². The summed E-state index contributed by atoms with van der Waals surface area (Å²) in [5, 5.41) is 9.06. The van der Waals surface area contributed by atoms with Gasteiger partial charge in [-0.1, -0.05) is 22.9 Å². The number of nitrogens with zero attached hydrogens (tertiary/aromatic N) is 3. The molecule has 0 aliphatic rings. The number of amides is 1. The second-order valence-corrected chi connectivity index (χ2v) is 5.63. The Morgan fingerprint density at radius 2 is 2.11 bits per heavy atom. The van der Waals surface area contributed by atoms with Gasteiger partial charge in [-0.3, -0.25) is 4.79 Å². The highest BCUT2D eigenvalue weighted by molar-refractivity contribution is 9.09. The average Bonchev–Trinajstić information content (AvgIpc) is 2.38. The molecule has 106 valence electrons. The van der Waals surface area contributed by atoms with Crippen molar-refractivity contribution in [1.29, 1.82) is 0 Å². The molecule has 0 atom stereocenters. The molecule has 1 aromatic rings. The normalized spacial score (nSPS) is 10.8. The zero-order chi connectivity index (χ0) is 14.4. The van der Waals surface area contributed by atoms with E-state index in [0.717, 1.165) is 36.1 Å². The van der Waals surface area contributed by atoms with Crippen LogP contribution in [0.2, 0.25) is 0 Å². The third-order valence-corrected chi connectivity index (χ3v) is 3.54. The average molecular weight is 328 g/mol. The molecule has 0 radical (unpaired) electrons. The number of aryl methyl sites for hydroxylation is 2. The van der Waals surface area contributed by atoms with Gasteiger partial charge in [0.2, 0.25) is 0 Å². The van der Waals surface area contributed by atoms with Crippen LogP contribution in [0.25, 0.3) is 0 Å². The largest absolute Gasteiger partial charge is 0.336 e. The van der Waals surface area contributed by atoms with E-state index in [1.165, 1.54) is 0 Å². The predicted octanol–water partition coefficient (Wildman–Crippen LogP) is 2.98. The number of aromatic nitrogens is 2. The molecule has 4 nitrogen and oxygen atoms in total. The molecule has 1 heterocycles. The lowest BCUT2D eigenvalue weighted by molar-refractivity contribution is 0.0704. The summed E-state index contributed by atoms with van der Waals surface area (Å²) in [5.41, 5.74) is 2.25. The van der Waals surface area contributed by atoms with Crippen LogP contribution in [0.4, 0.5) is 0 Å². The number of carbonyl (C=O) groups is 1. The Bertz CT molecular complexity index is 435. The summed E-state index contributed by atoms with van der Waals surface area (Å²) in [7, 11) is 0. The first-order valence-corrected chi connectivity index (χ1v) is 7.83.